The highest BCUT2D eigenvalue weighted by Crippen LogP contribution is 2.40. The van der Waals surface area contributed by atoms with Crippen LogP contribution in [0.3, 0.4) is 0 Å². The van der Waals surface area contributed by atoms with Crippen molar-refractivity contribution in [3.63, 3.8) is 0 Å². The molecule has 152 valence electrons. The molecule has 0 aliphatic carbocycles. The Morgan fingerprint density at radius 1 is 1.26 bits per heavy atom. The summed E-state index contributed by atoms with van der Waals surface area (Å²) in [5.74, 6) is 1.94. The predicted octanol–water partition coefficient (Wildman–Crippen LogP) is 4.21. The standard InChI is InChI=1S/C18H26IO6PS/c1-12(11-26(21)22)5-6-14-17(24-4)13(2)16(10-23-3)15(9-20)18(14)25-7-8-27-19/h5,9,21-22H,6-8,10-11H2,1-4H3/b12-5+. The number of aldehydes is 1. The first-order valence-electron chi connectivity index (χ1n) is 8.24. The van der Waals surface area contributed by atoms with E-state index in [1.54, 1.807) is 23.2 Å². The minimum Gasteiger partial charge on any atom is -0.496 e. The zero-order chi connectivity index (χ0) is 20.4. The lowest BCUT2D eigenvalue weighted by Crippen LogP contribution is -2.11. The van der Waals surface area contributed by atoms with Gasteiger partial charge in [-0.1, -0.05) is 20.6 Å². The lowest BCUT2D eigenvalue weighted by Gasteiger charge is -2.22. The number of methoxy groups -OCH3 is 2. The number of allylic oxidation sites excluding steroid dienone is 2. The highest BCUT2D eigenvalue weighted by Gasteiger charge is 2.23. The molecule has 0 aromatic heterocycles. The topological polar surface area (TPSA) is 85.2 Å². The molecule has 0 amide bonds. The van der Waals surface area contributed by atoms with E-state index in [0.717, 1.165) is 34.3 Å². The number of carbonyl (C=O) groups excluding carboxylic acids is 1. The van der Waals surface area contributed by atoms with Gasteiger partial charge in [-0.25, -0.2) is 0 Å². The summed E-state index contributed by atoms with van der Waals surface area (Å²) in [6.07, 6.45) is 3.39. The molecule has 27 heavy (non-hydrogen) atoms. The van der Waals surface area contributed by atoms with Crippen molar-refractivity contribution in [2.45, 2.75) is 26.9 Å². The zero-order valence-corrected chi connectivity index (χ0v) is 19.8. The highest BCUT2D eigenvalue weighted by atomic mass is 127. The molecule has 0 spiro atoms. The summed E-state index contributed by atoms with van der Waals surface area (Å²) in [6.45, 7) is 4.48. The lowest BCUT2D eigenvalue weighted by atomic mass is 9.94. The van der Waals surface area contributed by atoms with E-state index >= 15 is 0 Å². The fraction of sp³-hybridized carbons (Fsp3) is 0.500. The molecular formula is C18H26IO6PS. The predicted molar refractivity (Wildman–Crippen MR) is 119 cm³/mol. The summed E-state index contributed by atoms with van der Waals surface area (Å²) < 4.78 is 16.9. The van der Waals surface area contributed by atoms with Crippen LogP contribution in [0.2, 0.25) is 0 Å². The number of carbonyl (C=O) groups is 1. The first-order valence-corrected chi connectivity index (χ1v) is 13.2. The molecule has 0 radical (unpaired) electrons. The number of benzene rings is 1. The third-order valence-corrected chi connectivity index (χ3v) is 6.40. The van der Waals surface area contributed by atoms with Gasteiger partial charge in [-0.05, 0) is 52.6 Å². The van der Waals surface area contributed by atoms with Crippen LogP contribution in [-0.2, 0) is 17.8 Å². The van der Waals surface area contributed by atoms with Gasteiger partial charge in [0.1, 0.15) is 11.5 Å². The second kappa shape index (κ2) is 13.0. The van der Waals surface area contributed by atoms with E-state index in [9.17, 15) is 14.6 Å². The molecule has 0 fully saturated rings. The molecule has 2 N–H and O–H groups in total. The fourth-order valence-corrected chi connectivity index (χ4v) is 4.05. The highest BCUT2D eigenvalue weighted by molar-refractivity contribution is 14.2. The van der Waals surface area contributed by atoms with Crippen LogP contribution in [0.5, 0.6) is 11.5 Å². The van der Waals surface area contributed by atoms with Crippen molar-refractivity contribution in [1.29, 1.82) is 0 Å². The van der Waals surface area contributed by atoms with E-state index in [2.05, 4.69) is 21.2 Å². The van der Waals surface area contributed by atoms with Crippen molar-refractivity contribution < 1.29 is 28.8 Å². The molecule has 0 aliphatic heterocycles. The lowest BCUT2D eigenvalue weighted by molar-refractivity contribution is 0.111. The van der Waals surface area contributed by atoms with Gasteiger partial charge in [0.25, 0.3) is 0 Å². The van der Waals surface area contributed by atoms with Gasteiger partial charge >= 0.3 is 0 Å². The molecule has 1 rings (SSSR count). The van der Waals surface area contributed by atoms with E-state index in [-0.39, 0.29) is 12.8 Å². The second-order valence-corrected chi connectivity index (χ2v) is 9.41. The molecule has 1 aromatic rings. The van der Waals surface area contributed by atoms with E-state index in [1.807, 2.05) is 19.9 Å². The second-order valence-electron chi connectivity index (χ2n) is 5.86. The van der Waals surface area contributed by atoms with Crippen molar-refractivity contribution in [1.82, 2.24) is 0 Å². The van der Waals surface area contributed by atoms with Crippen molar-refractivity contribution in [3.8, 4) is 11.5 Å². The minimum absolute atomic E-state index is 0.223. The summed E-state index contributed by atoms with van der Waals surface area (Å²) in [5.41, 5.74) is 3.69. The molecule has 9 heteroatoms. The van der Waals surface area contributed by atoms with Gasteiger partial charge in [-0.2, -0.15) is 0 Å². The molecule has 0 unspecified atom stereocenters. The molecule has 0 saturated heterocycles. The van der Waals surface area contributed by atoms with Crippen LogP contribution in [0, 0.1) is 6.92 Å². The quantitative estimate of drug-likeness (QED) is 0.138. The summed E-state index contributed by atoms with van der Waals surface area (Å²) in [5, 5.41) is 0. The fourth-order valence-electron chi connectivity index (χ4n) is 2.79. The zero-order valence-electron chi connectivity index (χ0n) is 16.0. The Morgan fingerprint density at radius 3 is 2.48 bits per heavy atom. The van der Waals surface area contributed by atoms with Crippen LogP contribution in [0.15, 0.2) is 11.6 Å². The average molecular weight is 528 g/mol. The van der Waals surface area contributed by atoms with Crippen LogP contribution in [0.4, 0.5) is 0 Å². The van der Waals surface area contributed by atoms with Crippen LogP contribution >= 0.6 is 38.5 Å². The van der Waals surface area contributed by atoms with Crippen molar-refractivity contribution in [2.75, 3.05) is 32.7 Å². The number of ether oxygens (including phenoxy) is 3. The van der Waals surface area contributed by atoms with Gasteiger partial charge in [0.15, 0.2) is 14.7 Å². The van der Waals surface area contributed by atoms with E-state index in [4.69, 9.17) is 14.2 Å². The molecule has 1 aromatic carbocycles. The molecule has 0 bridgehead atoms. The largest absolute Gasteiger partial charge is 0.496 e. The average Bonchev–Trinajstić information content (AvgIpc) is 2.62. The maximum absolute atomic E-state index is 11.9. The van der Waals surface area contributed by atoms with Gasteiger partial charge < -0.3 is 24.0 Å². The Hall–Kier alpha value is -0.380. The van der Waals surface area contributed by atoms with Crippen molar-refractivity contribution >= 4 is 44.8 Å². The Bertz CT molecular complexity index is 666. The van der Waals surface area contributed by atoms with Crippen LogP contribution < -0.4 is 9.47 Å². The van der Waals surface area contributed by atoms with Crippen LogP contribution in [-0.4, -0.2) is 48.8 Å². The molecular weight excluding hydrogens is 502 g/mol. The normalized spacial score (nSPS) is 11.8. The van der Waals surface area contributed by atoms with Crippen molar-refractivity contribution in [3.05, 3.63) is 33.9 Å². The molecule has 0 aliphatic rings. The van der Waals surface area contributed by atoms with E-state index < -0.39 is 8.38 Å². The first kappa shape index (κ1) is 24.7. The summed E-state index contributed by atoms with van der Waals surface area (Å²) in [7, 11) is 2.81. The Morgan fingerprint density at radius 2 is 1.96 bits per heavy atom. The summed E-state index contributed by atoms with van der Waals surface area (Å²) >= 11 is 2.20. The number of hydrogen-bond acceptors (Lipinski definition) is 7. The summed E-state index contributed by atoms with van der Waals surface area (Å²) in [6, 6.07) is 0. The number of halogens is 1. The minimum atomic E-state index is -1.98. The Labute approximate surface area is 178 Å². The Kier molecular flexibility index (Phi) is 11.8. The SMILES string of the molecule is COCc1c(C)c(OC)c(C/C=C(\C)CP(O)O)c(OCCSI)c1C=O. The molecule has 0 saturated carbocycles. The van der Waals surface area contributed by atoms with Gasteiger partial charge in [-0.3, -0.25) is 4.79 Å². The first-order chi connectivity index (χ1) is 12.9. The van der Waals surface area contributed by atoms with Gasteiger partial charge in [0.2, 0.25) is 0 Å². The van der Waals surface area contributed by atoms with Crippen LogP contribution in [0.25, 0.3) is 0 Å². The Balaban J connectivity index is 3.50. The molecule has 0 heterocycles. The van der Waals surface area contributed by atoms with Gasteiger partial charge in [0.05, 0.1) is 25.9 Å². The molecule has 0 atom stereocenters. The van der Waals surface area contributed by atoms with E-state index in [1.165, 1.54) is 0 Å². The van der Waals surface area contributed by atoms with Crippen LogP contribution in [0.1, 0.15) is 34.0 Å². The van der Waals surface area contributed by atoms with E-state index in [0.29, 0.717) is 30.1 Å². The maximum atomic E-state index is 11.9. The van der Waals surface area contributed by atoms with Crippen molar-refractivity contribution in [2.24, 2.45) is 0 Å². The third-order valence-electron chi connectivity index (χ3n) is 3.97. The van der Waals surface area contributed by atoms with Gasteiger partial charge in [0, 0.05) is 24.6 Å². The third kappa shape index (κ3) is 7.18. The van der Waals surface area contributed by atoms with Gasteiger partial charge in [-0.15, -0.1) is 0 Å². The molecule has 6 nitrogen and oxygen atoms in total. The summed E-state index contributed by atoms with van der Waals surface area (Å²) in [4.78, 5) is 30.3. The monoisotopic (exact) mass is 528 g/mol. The number of hydrogen-bond donors (Lipinski definition) is 2. The maximum Gasteiger partial charge on any atom is 0.169 e. The smallest absolute Gasteiger partial charge is 0.169 e. The number of rotatable bonds is 12.